The van der Waals surface area contributed by atoms with E-state index in [0.717, 1.165) is 11.3 Å². The first kappa shape index (κ1) is 26.2. The monoisotopic (exact) mass is 508 g/mol. The maximum Gasteiger partial charge on any atom is 0.231 e. The molecule has 0 radical (unpaired) electrons. The van der Waals surface area contributed by atoms with E-state index >= 15 is 4.39 Å². The van der Waals surface area contributed by atoms with E-state index in [9.17, 15) is 4.79 Å². The van der Waals surface area contributed by atoms with Gasteiger partial charge in [-0.1, -0.05) is 30.3 Å². The summed E-state index contributed by atoms with van der Waals surface area (Å²) in [7, 11) is 3.15. The zero-order valence-corrected chi connectivity index (χ0v) is 21.5. The van der Waals surface area contributed by atoms with Gasteiger partial charge in [0, 0.05) is 12.5 Å². The first-order valence-corrected chi connectivity index (χ1v) is 12.3. The number of aliphatic imine (C=N–C) groups is 1. The fraction of sp³-hybridized carbons (Fsp3) is 0.393. The highest BCUT2D eigenvalue weighted by Gasteiger charge is 2.46. The molecular weight excluding hydrogens is 475 g/mol. The summed E-state index contributed by atoms with van der Waals surface area (Å²) in [6.45, 7) is 4.00. The van der Waals surface area contributed by atoms with E-state index in [2.05, 4.69) is 10.6 Å². The molecule has 0 aromatic heterocycles. The summed E-state index contributed by atoms with van der Waals surface area (Å²) in [5, 5.41) is 13.4. The van der Waals surface area contributed by atoms with Crippen molar-refractivity contribution in [3.63, 3.8) is 0 Å². The number of carbonyl (C=O) groups excluding carboxylic acids is 1. The van der Waals surface area contributed by atoms with Crippen LogP contribution in [0.3, 0.4) is 0 Å². The summed E-state index contributed by atoms with van der Waals surface area (Å²) >= 11 is 0. The molecule has 1 aliphatic heterocycles. The molecule has 4 rings (SSSR count). The molecular formula is C28H33FN4O4. The van der Waals surface area contributed by atoms with E-state index in [1.165, 1.54) is 6.08 Å². The van der Waals surface area contributed by atoms with Crippen LogP contribution >= 0.6 is 0 Å². The summed E-state index contributed by atoms with van der Waals surface area (Å²) in [5.41, 5.74) is 1.02. The van der Waals surface area contributed by atoms with Gasteiger partial charge in [0.1, 0.15) is 6.10 Å². The maximum atomic E-state index is 15.1. The molecule has 0 bridgehead atoms. The Hall–Kier alpha value is -3.88. The minimum atomic E-state index is -0.624. The zero-order valence-electron chi connectivity index (χ0n) is 21.5. The molecule has 9 heteroatoms. The van der Waals surface area contributed by atoms with E-state index in [4.69, 9.17) is 24.6 Å². The van der Waals surface area contributed by atoms with Crippen molar-refractivity contribution in [2.24, 2.45) is 10.4 Å². The van der Waals surface area contributed by atoms with Gasteiger partial charge in [0.15, 0.2) is 29.1 Å². The summed E-state index contributed by atoms with van der Waals surface area (Å²) in [4.78, 5) is 17.0. The number of hydrogen-bond donors (Lipinski definition) is 3. The number of halogens is 1. The van der Waals surface area contributed by atoms with Crippen molar-refractivity contribution in [1.82, 2.24) is 10.6 Å². The summed E-state index contributed by atoms with van der Waals surface area (Å²) in [6.07, 6.45) is 7.60. The topological polar surface area (TPSA) is 105 Å². The fourth-order valence-corrected chi connectivity index (χ4v) is 4.74. The lowest BCUT2D eigenvalue weighted by Gasteiger charge is -2.42. The lowest BCUT2D eigenvalue weighted by Crippen LogP contribution is -2.47. The maximum absolute atomic E-state index is 15.1. The quantitative estimate of drug-likeness (QED) is 0.380. The first-order valence-electron chi connectivity index (χ1n) is 12.3. The van der Waals surface area contributed by atoms with Crippen LogP contribution in [-0.2, 0) is 25.4 Å². The number of fused-ring (bicyclic) bond motifs is 1. The minimum absolute atomic E-state index is 0.00876. The molecule has 8 nitrogen and oxygen atoms in total. The largest absolute Gasteiger partial charge is 0.493 e. The number of methoxy groups -OCH3 is 2. The molecule has 196 valence electrons. The first-order chi connectivity index (χ1) is 17.7. The molecule has 1 amide bonds. The Morgan fingerprint density at radius 2 is 1.92 bits per heavy atom. The average Bonchev–Trinajstić information content (AvgIpc) is 2.86. The highest BCUT2D eigenvalue weighted by molar-refractivity contribution is 6.04. The van der Waals surface area contributed by atoms with E-state index < -0.39 is 17.3 Å². The third-order valence-electron chi connectivity index (χ3n) is 6.73. The highest BCUT2D eigenvalue weighted by atomic mass is 19.1. The van der Waals surface area contributed by atoms with Crippen LogP contribution in [0.1, 0.15) is 32.3 Å². The third kappa shape index (κ3) is 5.93. The zero-order chi connectivity index (χ0) is 26.6. The van der Waals surface area contributed by atoms with Crippen LogP contribution in [0.25, 0.3) is 0 Å². The van der Waals surface area contributed by atoms with E-state index in [-0.39, 0.29) is 36.2 Å². The normalized spacial score (nSPS) is 26.7. The molecule has 0 saturated carbocycles. The van der Waals surface area contributed by atoms with Crippen molar-refractivity contribution in [2.75, 3.05) is 14.2 Å². The fourth-order valence-electron chi connectivity index (χ4n) is 4.74. The number of hydrogen-bond acceptors (Lipinski definition) is 6. The molecule has 3 aliphatic rings. The van der Waals surface area contributed by atoms with Gasteiger partial charge < -0.3 is 19.5 Å². The van der Waals surface area contributed by atoms with Crippen LogP contribution in [-0.4, -0.2) is 50.0 Å². The van der Waals surface area contributed by atoms with Gasteiger partial charge in [-0.15, -0.1) is 0 Å². The van der Waals surface area contributed by atoms with Crippen LogP contribution in [0.4, 0.5) is 4.39 Å². The molecule has 4 unspecified atom stereocenters. The predicted octanol–water partition coefficient (Wildman–Crippen LogP) is 4.08. The van der Waals surface area contributed by atoms with Gasteiger partial charge in [0.05, 0.1) is 43.9 Å². The van der Waals surface area contributed by atoms with Crippen molar-refractivity contribution < 1.29 is 23.4 Å². The average molecular weight is 509 g/mol. The molecule has 0 fully saturated rings. The van der Waals surface area contributed by atoms with Gasteiger partial charge in [0.2, 0.25) is 5.91 Å². The Balaban J connectivity index is 1.38. The lowest BCUT2D eigenvalue weighted by molar-refractivity contribution is -0.119. The van der Waals surface area contributed by atoms with Gasteiger partial charge in [-0.2, -0.15) is 0 Å². The van der Waals surface area contributed by atoms with Crippen molar-refractivity contribution in [3.05, 3.63) is 83.3 Å². The van der Waals surface area contributed by atoms with Crippen LogP contribution in [0.5, 0.6) is 0 Å². The van der Waals surface area contributed by atoms with Crippen molar-refractivity contribution in [1.29, 1.82) is 5.41 Å². The van der Waals surface area contributed by atoms with Crippen LogP contribution in [0.15, 0.2) is 82.7 Å². The van der Waals surface area contributed by atoms with Crippen LogP contribution in [0.2, 0.25) is 0 Å². The summed E-state index contributed by atoms with van der Waals surface area (Å²) in [5.74, 6) is 0.308. The van der Waals surface area contributed by atoms with E-state index in [0.29, 0.717) is 24.4 Å². The number of guanidine groups is 1. The highest BCUT2D eigenvalue weighted by Crippen LogP contribution is 2.43. The Bertz CT molecular complexity index is 1200. The van der Waals surface area contributed by atoms with Gasteiger partial charge in [-0.3, -0.25) is 20.5 Å². The predicted molar refractivity (Wildman–Crippen MR) is 140 cm³/mol. The Kier molecular flexibility index (Phi) is 7.80. The van der Waals surface area contributed by atoms with E-state index in [1.807, 2.05) is 56.3 Å². The minimum Gasteiger partial charge on any atom is -0.493 e. The van der Waals surface area contributed by atoms with Crippen LogP contribution in [0, 0.1) is 10.8 Å². The third-order valence-corrected chi connectivity index (χ3v) is 6.73. The Morgan fingerprint density at radius 1 is 1.19 bits per heavy atom. The van der Waals surface area contributed by atoms with Gasteiger partial charge >= 0.3 is 0 Å². The number of rotatable bonds is 7. The number of carbonyl (C=O) groups is 1. The van der Waals surface area contributed by atoms with Gasteiger partial charge in [-0.05, 0) is 44.1 Å². The number of allylic oxidation sites excluding steroid dienone is 2. The smallest absolute Gasteiger partial charge is 0.231 e. The van der Waals surface area contributed by atoms with Crippen molar-refractivity contribution in [3.8, 4) is 0 Å². The van der Waals surface area contributed by atoms with Crippen LogP contribution < -0.4 is 10.6 Å². The lowest BCUT2D eigenvalue weighted by atomic mass is 9.72. The second kappa shape index (κ2) is 11.0. The number of ether oxygens (including phenoxy) is 3. The van der Waals surface area contributed by atoms with Gasteiger partial charge in [0.25, 0.3) is 0 Å². The van der Waals surface area contributed by atoms with Gasteiger partial charge in [-0.25, -0.2) is 4.39 Å². The molecule has 37 heavy (non-hydrogen) atoms. The molecule has 1 aromatic carbocycles. The molecule has 1 heterocycles. The summed E-state index contributed by atoms with van der Waals surface area (Å²) in [6, 6.07) is 8.77. The van der Waals surface area contributed by atoms with E-state index in [1.54, 1.807) is 20.3 Å². The Labute approximate surface area is 216 Å². The molecule has 2 aliphatic carbocycles. The molecule has 1 aromatic rings. The standard InChI is InChI=1S/C28H33FN4O4/c1-17-12-25(28(2)16-23(36-4)22(35-3)15-24(28)31-17)37-21-11-10-19(14-20(21)29)32-27(30)33-26(34)13-18-8-6-5-7-9-18/h5-9,11,14-17,19,25H,10,12-13H2,1-4H3,(H3,30,32,33,34). The second-order valence-corrected chi connectivity index (χ2v) is 9.57. The SMILES string of the molecule is COC1=CC2=NC(C)CC(OC3=CCC(NC(=N)NC(=O)Cc4ccccc4)C=C3F)C2(C)C=C1OC. The molecule has 0 spiro atoms. The Morgan fingerprint density at radius 3 is 2.59 bits per heavy atom. The molecule has 4 atom stereocenters. The number of benzene rings is 1. The number of nitrogens with zero attached hydrogens (tertiary/aromatic N) is 1. The number of amides is 1. The summed E-state index contributed by atoms with van der Waals surface area (Å²) < 4.78 is 32.3. The molecule has 0 saturated heterocycles. The second-order valence-electron chi connectivity index (χ2n) is 9.57. The van der Waals surface area contributed by atoms with Crippen molar-refractivity contribution in [2.45, 2.75) is 51.3 Å². The number of nitrogens with one attached hydrogen (secondary N) is 3. The molecule has 3 N–H and O–H groups in total. The van der Waals surface area contributed by atoms with Crippen molar-refractivity contribution >= 4 is 17.6 Å².